The molecule has 3 heteroatoms. The first-order valence-electron chi connectivity index (χ1n) is 6.09. The van der Waals surface area contributed by atoms with Crippen molar-refractivity contribution in [1.82, 2.24) is 0 Å². The highest BCUT2D eigenvalue weighted by molar-refractivity contribution is 7.10. The number of nitrogens with two attached hydrogens (primary N) is 1. The molecule has 0 aliphatic rings. The molecule has 0 spiro atoms. The summed E-state index contributed by atoms with van der Waals surface area (Å²) in [5, 5.41) is 2.08. The lowest BCUT2D eigenvalue weighted by Crippen LogP contribution is -2.18. The van der Waals surface area contributed by atoms with Crippen LogP contribution in [0.4, 0.5) is 0 Å². The van der Waals surface area contributed by atoms with Gasteiger partial charge in [0.15, 0.2) is 0 Å². The molecule has 0 saturated carbocycles. The van der Waals surface area contributed by atoms with E-state index in [9.17, 15) is 0 Å². The van der Waals surface area contributed by atoms with Gasteiger partial charge in [-0.05, 0) is 61.0 Å². The maximum atomic E-state index is 6.01. The van der Waals surface area contributed by atoms with E-state index in [4.69, 9.17) is 10.5 Å². The van der Waals surface area contributed by atoms with Gasteiger partial charge in [0.2, 0.25) is 0 Å². The zero-order valence-electron chi connectivity index (χ0n) is 11.1. The van der Waals surface area contributed by atoms with Gasteiger partial charge in [-0.3, -0.25) is 0 Å². The number of ether oxygens (including phenoxy) is 1. The van der Waals surface area contributed by atoms with Crippen molar-refractivity contribution in [2.24, 2.45) is 5.73 Å². The Bertz CT molecular complexity index is 533. The normalized spacial score (nSPS) is 12.4. The molecule has 18 heavy (non-hydrogen) atoms. The maximum absolute atomic E-state index is 6.01. The fourth-order valence-corrected chi connectivity index (χ4v) is 2.84. The average Bonchev–Trinajstić information content (AvgIpc) is 2.77. The molecule has 0 bridgehead atoms. The Labute approximate surface area is 112 Å². The molecule has 96 valence electrons. The van der Waals surface area contributed by atoms with Crippen LogP contribution in [0.25, 0.3) is 0 Å². The largest absolute Gasteiger partial charge is 0.484 e. The molecule has 1 aromatic heterocycles. The van der Waals surface area contributed by atoms with E-state index < -0.39 is 0 Å². The molecule has 2 rings (SSSR count). The summed E-state index contributed by atoms with van der Waals surface area (Å²) in [7, 11) is 0. The number of hydrogen-bond donors (Lipinski definition) is 1. The van der Waals surface area contributed by atoms with Gasteiger partial charge in [0.25, 0.3) is 0 Å². The highest BCUT2D eigenvalue weighted by Gasteiger charge is 2.15. The molecule has 2 N–H and O–H groups in total. The van der Waals surface area contributed by atoms with Crippen LogP contribution < -0.4 is 10.5 Å². The fourth-order valence-electron chi connectivity index (χ4n) is 1.87. The van der Waals surface area contributed by atoms with Crippen LogP contribution in [0.2, 0.25) is 0 Å². The molecular weight excluding hydrogens is 242 g/mol. The SMILES string of the molecule is Cc1ccc(OC(CN)c2sccc2C)cc1C. The minimum atomic E-state index is -0.0490. The van der Waals surface area contributed by atoms with E-state index in [0.717, 1.165) is 5.75 Å². The Morgan fingerprint density at radius 2 is 1.89 bits per heavy atom. The van der Waals surface area contributed by atoms with Crippen molar-refractivity contribution in [1.29, 1.82) is 0 Å². The summed E-state index contributed by atoms with van der Waals surface area (Å²) in [6.07, 6.45) is -0.0490. The van der Waals surface area contributed by atoms with Gasteiger partial charge in [0.1, 0.15) is 11.9 Å². The minimum Gasteiger partial charge on any atom is -0.484 e. The van der Waals surface area contributed by atoms with E-state index >= 15 is 0 Å². The second-order valence-electron chi connectivity index (χ2n) is 4.56. The molecule has 0 fully saturated rings. The standard InChI is InChI=1S/C15H19NOS/c1-10-4-5-13(8-12(10)3)17-14(9-16)15-11(2)6-7-18-15/h4-8,14H,9,16H2,1-3H3. The zero-order valence-corrected chi connectivity index (χ0v) is 11.9. The fraction of sp³-hybridized carbons (Fsp3) is 0.333. The van der Waals surface area contributed by atoms with E-state index in [1.54, 1.807) is 11.3 Å². The number of hydrogen-bond acceptors (Lipinski definition) is 3. The Kier molecular flexibility index (Phi) is 4.04. The predicted molar refractivity (Wildman–Crippen MR) is 77.4 cm³/mol. The molecule has 0 radical (unpaired) electrons. The van der Waals surface area contributed by atoms with Gasteiger partial charge in [-0.1, -0.05) is 6.07 Å². The quantitative estimate of drug-likeness (QED) is 0.909. The molecule has 2 aromatic rings. The summed E-state index contributed by atoms with van der Waals surface area (Å²) in [5.74, 6) is 0.890. The highest BCUT2D eigenvalue weighted by atomic mass is 32.1. The van der Waals surface area contributed by atoms with E-state index in [0.29, 0.717) is 6.54 Å². The van der Waals surface area contributed by atoms with Crippen LogP contribution in [-0.4, -0.2) is 6.54 Å². The Morgan fingerprint density at radius 3 is 2.44 bits per heavy atom. The maximum Gasteiger partial charge on any atom is 0.145 e. The van der Waals surface area contributed by atoms with Crippen LogP contribution in [0.3, 0.4) is 0 Å². The summed E-state index contributed by atoms with van der Waals surface area (Å²) < 4.78 is 6.01. The van der Waals surface area contributed by atoms with Gasteiger partial charge in [0, 0.05) is 11.4 Å². The molecule has 1 aromatic carbocycles. The third kappa shape index (κ3) is 2.74. The summed E-state index contributed by atoms with van der Waals surface area (Å²) in [6, 6.07) is 8.26. The van der Waals surface area contributed by atoms with Crippen molar-refractivity contribution in [3.8, 4) is 5.75 Å². The lowest BCUT2D eigenvalue weighted by Gasteiger charge is -2.18. The monoisotopic (exact) mass is 261 g/mol. The van der Waals surface area contributed by atoms with Gasteiger partial charge in [0.05, 0.1) is 0 Å². The van der Waals surface area contributed by atoms with Crippen molar-refractivity contribution >= 4 is 11.3 Å². The van der Waals surface area contributed by atoms with Gasteiger partial charge in [-0.15, -0.1) is 11.3 Å². The topological polar surface area (TPSA) is 35.2 Å². The number of rotatable bonds is 4. The Hall–Kier alpha value is -1.32. The second-order valence-corrected chi connectivity index (χ2v) is 5.50. The third-order valence-corrected chi connectivity index (χ3v) is 4.28. The molecule has 2 nitrogen and oxygen atoms in total. The number of benzene rings is 1. The molecule has 1 unspecified atom stereocenters. The lowest BCUT2D eigenvalue weighted by atomic mass is 10.1. The molecular formula is C15H19NOS. The Morgan fingerprint density at radius 1 is 1.11 bits per heavy atom. The van der Waals surface area contributed by atoms with E-state index in [1.807, 2.05) is 6.07 Å². The van der Waals surface area contributed by atoms with Crippen molar-refractivity contribution in [3.63, 3.8) is 0 Å². The first-order valence-corrected chi connectivity index (χ1v) is 6.97. The summed E-state index contributed by atoms with van der Waals surface area (Å²) >= 11 is 1.70. The van der Waals surface area contributed by atoms with E-state index in [2.05, 4.69) is 44.4 Å². The first kappa shape index (κ1) is 13.1. The molecule has 0 aliphatic heterocycles. The van der Waals surface area contributed by atoms with Crippen molar-refractivity contribution in [2.45, 2.75) is 26.9 Å². The van der Waals surface area contributed by atoms with Crippen molar-refractivity contribution in [2.75, 3.05) is 6.54 Å². The van der Waals surface area contributed by atoms with Gasteiger partial charge >= 0.3 is 0 Å². The van der Waals surface area contributed by atoms with Gasteiger partial charge in [-0.25, -0.2) is 0 Å². The number of aryl methyl sites for hydroxylation is 3. The average molecular weight is 261 g/mol. The van der Waals surface area contributed by atoms with Gasteiger partial charge in [-0.2, -0.15) is 0 Å². The van der Waals surface area contributed by atoms with E-state index in [-0.39, 0.29) is 6.10 Å². The minimum absolute atomic E-state index is 0.0490. The lowest BCUT2D eigenvalue weighted by molar-refractivity contribution is 0.217. The summed E-state index contributed by atoms with van der Waals surface area (Å²) in [5.41, 5.74) is 9.60. The van der Waals surface area contributed by atoms with Crippen LogP contribution in [0, 0.1) is 20.8 Å². The highest BCUT2D eigenvalue weighted by Crippen LogP contribution is 2.28. The molecule has 1 atom stereocenters. The molecule has 0 amide bonds. The first-order chi connectivity index (χ1) is 8.61. The van der Waals surface area contributed by atoms with Crippen molar-refractivity contribution < 1.29 is 4.74 Å². The van der Waals surface area contributed by atoms with E-state index in [1.165, 1.54) is 21.6 Å². The predicted octanol–water partition coefficient (Wildman–Crippen LogP) is 3.75. The van der Waals surface area contributed by atoms with Gasteiger partial charge < -0.3 is 10.5 Å². The summed E-state index contributed by atoms with van der Waals surface area (Å²) in [6.45, 7) is 6.78. The summed E-state index contributed by atoms with van der Waals surface area (Å²) in [4.78, 5) is 1.22. The Balaban J connectivity index is 2.20. The molecule has 0 aliphatic carbocycles. The van der Waals surface area contributed by atoms with Crippen LogP contribution >= 0.6 is 11.3 Å². The smallest absolute Gasteiger partial charge is 0.145 e. The number of thiophene rings is 1. The third-order valence-electron chi connectivity index (χ3n) is 3.16. The molecule has 0 saturated heterocycles. The van der Waals surface area contributed by atoms with Crippen molar-refractivity contribution in [3.05, 3.63) is 51.2 Å². The van der Waals surface area contributed by atoms with Crippen LogP contribution in [-0.2, 0) is 0 Å². The van der Waals surface area contributed by atoms with Crippen LogP contribution in [0.1, 0.15) is 27.7 Å². The van der Waals surface area contributed by atoms with Crippen LogP contribution in [0.15, 0.2) is 29.6 Å². The zero-order chi connectivity index (χ0) is 13.1. The van der Waals surface area contributed by atoms with Crippen LogP contribution in [0.5, 0.6) is 5.75 Å². The molecule has 1 heterocycles. The second kappa shape index (κ2) is 5.55.